The molecule has 1 N–H and O–H groups in total. The topological polar surface area (TPSA) is 92.6 Å². The Hall–Kier alpha value is -6.29. The third kappa shape index (κ3) is 6.62. The van der Waals surface area contributed by atoms with Gasteiger partial charge in [-0.05, 0) is 89.4 Å². The highest BCUT2D eigenvalue weighted by atomic mass is 16.5. The van der Waals surface area contributed by atoms with Gasteiger partial charge in [-0.3, -0.25) is 9.59 Å². The number of carbonyl (C=O) groups excluding carboxylic acids is 2. The molecule has 0 aromatic heterocycles. The normalized spacial score (nSPS) is 17.6. The summed E-state index contributed by atoms with van der Waals surface area (Å²) in [7, 11) is 5.11. The smallest absolute Gasteiger partial charge is 0.260 e. The van der Waals surface area contributed by atoms with E-state index in [-0.39, 0.29) is 37.1 Å². The van der Waals surface area contributed by atoms with Gasteiger partial charge in [-0.1, -0.05) is 62.4 Å². The number of ether oxygens (including phenoxy) is 4. The van der Waals surface area contributed by atoms with E-state index in [4.69, 9.17) is 18.9 Å². The number of fused-ring (bicyclic) bond motifs is 8. The van der Waals surface area contributed by atoms with Crippen LogP contribution in [0.15, 0.2) is 91.0 Å². The fraction of sp³-hybridized carbons (Fsp3) is 0.298. The van der Waals surface area contributed by atoms with Gasteiger partial charge in [0.1, 0.15) is 26.0 Å². The van der Waals surface area contributed by atoms with Crippen molar-refractivity contribution in [3.05, 3.63) is 130 Å². The fourth-order valence-electron chi connectivity index (χ4n) is 8.76. The Morgan fingerprint density at radius 2 is 1.30 bits per heavy atom. The molecule has 290 valence electrons. The first-order valence-electron chi connectivity index (χ1n) is 19.6. The Kier molecular flexibility index (Phi) is 9.35. The molecule has 0 unspecified atom stereocenters. The van der Waals surface area contributed by atoms with Crippen LogP contribution < -0.4 is 34.1 Å². The van der Waals surface area contributed by atoms with E-state index >= 15 is 0 Å². The van der Waals surface area contributed by atoms with Crippen molar-refractivity contribution in [3.63, 3.8) is 0 Å². The number of para-hydroxylation sites is 2. The summed E-state index contributed by atoms with van der Waals surface area (Å²) in [6.45, 7) is 5.59. The molecule has 0 saturated carbocycles. The minimum atomic E-state index is -0.201. The lowest BCUT2D eigenvalue weighted by Crippen LogP contribution is -2.39. The number of hydrogen-bond acceptors (Lipinski definition) is 7. The Balaban J connectivity index is 0.961. The van der Waals surface area contributed by atoms with Gasteiger partial charge in [0.05, 0.1) is 37.2 Å². The molecule has 4 aliphatic heterocycles. The molecule has 0 spiro atoms. The van der Waals surface area contributed by atoms with Crippen LogP contribution in [0.25, 0.3) is 0 Å². The second kappa shape index (κ2) is 14.7. The highest BCUT2D eigenvalue weighted by Crippen LogP contribution is 2.42. The van der Waals surface area contributed by atoms with Gasteiger partial charge in [0.2, 0.25) is 5.91 Å². The van der Waals surface area contributed by atoms with E-state index in [2.05, 4.69) is 55.7 Å². The van der Waals surface area contributed by atoms with Gasteiger partial charge in [-0.15, -0.1) is 0 Å². The lowest BCUT2D eigenvalue weighted by Gasteiger charge is -2.23. The summed E-state index contributed by atoms with van der Waals surface area (Å²) in [5.41, 5.74) is 9.87. The number of methoxy groups -OCH3 is 2. The van der Waals surface area contributed by atoms with Crippen molar-refractivity contribution in [2.45, 2.75) is 58.4 Å². The molecule has 5 aromatic carbocycles. The number of anilines is 3. The van der Waals surface area contributed by atoms with Crippen LogP contribution in [-0.4, -0.2) is 62.5 Å². The summed E-state index contributed by atoms with van der Waals surface area (Å²) in [6, 6.07) is 29.7. The van der Waals surface area contributed by atoms with E-state index in [1.807, 2.05) is 70.0 Å². The zero-order valence-corrected chi connectivity index (χ0v) is 32.9. The first-order chi connectivity index (χ1) is 27.7. The molecule has 2 amide bonds. The molecule has 0 radical (unpaired) electrons. The van der Waals surface area contributed by atoms with Crippen LogP contribution in [0.2, 0.25) is 0 Å². The predicted octanol–water partition coefficient (Wildman–Crippen LogP) is 7.86. The Bertz CT molecular complexity index is 2460. The van der Waals surface area contributed by atoms with Crippen molar-refractivity contribution in [2.75, 3.05) is 42.9 Å². The van der Waals surface area contributed by atoms with Crippen LogP contribution in [0.1, 0.15) is 62.4 Å². The Labute approximate surface area is 333 Å². The number of rotatable bonds is 10. The SMILES string of the molecule is COc1cc2c(cc1OCc1cc(COc3cc4c(cc3OC)C(=O)N3c5ccccc5C[C@H]3[C-]=[N+]4C)cc(CC(C)C)c1)NC[C@@H]1Cc3ccccc3N1C2=O. The number of nitrogens with zero attached hydrogens (tertiary/aromatic N) is 3. The quantitative estimate of drug-likeness (QED) is 0.114. The van der Waals surface area contributed by atoms with Crippen LogP contribution in [0.4, 0.5) is 22.7 Å². The van der Waals surface area contributed by atoms with Crippen molar-refractivity contribution in [3.8, 4) is 23.0 Å². The predicted molar refractivity (Wildman–Crippen MR) is 220 cm³/mol. The first-order valence-corrected chi connectivity index (χ1v) is 19.6. The van der Waals surface area contributed by atoms with E-state index in [0.717, 1.165) is 46.6 Å². The molecule has 0 saturated heterocycles. The van der Waals surface area contributed by atoms with E-state index in [1.54, 1.807) is 26.4 Å². The van der Waals surface area contributed by atoms with Gasteiger partial charge >= 0.3 is 0 Å². The molecule has 4 aliphatic rings. The third-order valence-electron chi connectivity index (χ3n) is 11.3. The fourth-order valence-corrected chi connectivity index (χ4v) is 8.76. The van der Waals surface area contributed by atoms with Crippen molar-refractivity contribution < 1.29 is 33.1 Å². The van der Waals surface area contributed by atoms with Crippen LogP contribution in [0.5, 0.6) is 23.0 Å². The third-order valence-corrected chi connectivity index (χ3v) is 11.3. The van der Waals surface area contributed by atoms with E-state index in [9.17, 15) is 9.59 Å². The van der Waals surface area contributed by atoms with E-state index in [0.29, 0.717) is 58.7 Å². The molecule has 5 aromatic rings. The summed E-state index contributed by atoms with van der Waals surface area (Å²) in [5, 5.41) is 3.52. The Morgan fingerprint density at radius 1 is 0.719 bits per heavy atom. The van der Waals surface area contributed by atoms with Crippen LogP contribution >= 0.6 is 0 Å². The zero-order valence-electron chi connectivity index (χ0n) is 32.9. The van der Waals surface area contributed by atoms with Gasteiger partial charge in [0, 0.05) is 41.8 Å². The molecule has 4 heterocycles. The van der Waals surface area contributed by atoms with Gasteiger partial charge in [-0.25, -0.2) is 0 Å². The lowest BCUT2D eigenvalue weighted by atomic mass is 9.98. The van der Waals surface area contributed by atoms with Gasteiger partial charge in [-0.2, -0.15) is 0 Å². The average Bonchev–Trinajstić information content (AvgIpc) is 3.71. The van der Waals surface area contributed by atoms with Gasteiger partial charge < -0.3 is 38.6 Å². The van der Waals surface area contributed by atoms with Crippen molar-refractivity contribution >= 4 is 40.8 Å². The summed E-state index contributed by atoms with van der Waals surface area (Å²) < 4.78 is 26.5. The maximum atomic E-state index is 14.1. The molecule has 10 heteroatoms. The molecule has 9 rings (SSSR count). The molecule has 10 nitrogen and oxygen atoms in total. The maximum Gasteiger partial charge on any atom is 0.260 e. The van der Waals surface area contributed by atoms with Crippen molar-refractivity contribution in [1.29, 1.82) is 0 Å². The second-order valence-electron chi connectivity index (χ2n) is 15.7. The zero-order chi connectivity index (χ0) is 39.4. The first kappa shape index (κ1) is 36.4. The second-order valence-corrected chi connectivity index (χ2v) is 15.7. The van der Waals surface area contributed by atoms with Crippen LogP contribution in [0.3, 0.4) is 0 Å². The van der Waals surface area contributed by atoms with E-state index < -0.39 is 0 Å². The molecule has 0 fully saturated rings. The number of carbonyl (C=O) groups is 2. The molecule has 0 aliphatic carbocycles. The van der Waals surface area contributed by atoms with Gasteiger partial charge in [0.15, 0.2) is 17.2 Å². The maximum absolute atomic E-state index is 14.1. The monoisotopic (exact) mass is 762 g/mol. The number of nitrogens with one attached hydrogen (secondary N) is 1. The summed E-state index contributed by atoms with van der Waals surface area (Å²) in [4.78, 5) is 31.8. The van der Waals surface area contributed by atoms with Crippen LogP contribution in [-0.2, 0) is 32.5 Å². The highest BCUT2D eigenvalue weighted by molar-refractivity contribution is 6.14. The summed E-state index contributed by atoms with van der Waals surface area (Å²) in [5.74, 6) is 2.37. The number of amides is 2. The minimum Gasteiger partial charge on any atom is -0.493 e. The van der Waals surface area contributed by atoms with Crippen molar-refractivity contribution in [2.24, 2.45) is 5.92 Å². The lowest BCUT2D eigenvalue weighted by molar-refractivity contribution is -0.401. The molecular formula is C47H46N4O6. The molecule has 0 bridgehead atoms. The average molecular weight is 763 g/mol. The summed E-state index contributed by atoms with van der Waals surface area (Å²) in [6.07, 6.45) is 5.92. The molecule has 2 atom stereocenters. The largest absolute Gasteiger partial charge is 0.493 e. The Morgan fingerprint density at radius 3 is 1.96 bits per heavy atom. The highest BCUT2D eigenvalue weighted by Gasteiger charge is 2.38. The van der Waals surface area contributed by atoms with Crippen molar-refractivity contribution in [1.82, 2.24) is 0 Å². The number of hydrogen-bond donors (Lipinski definition) is 1. The number of benzene rings is 5. The standard InChI is InChI=1S/C47H46N4O6/c1-28(2)14-29-15-30(26-56-44-22-38-36(20-42(44)54-4)46(52)50-34(24-48-38)18-32-10-6-8-12-39(32)50)17-31(16-29)27-57-45-23-41-37(21-43(45)55-5)47(53)51-35(25-49(41)3)19-33-11-7-9-13-40(33)51/h6-13,15-17,20-23,28,34-35,48H,14,18-19,24,26-27H2,1-5H3/t34-,35-/m0/s1. The molecular weight excluding hydrogens is 717 g/mol. The summed E-state index contributed by atoms with van der Waals surface area (Å²) >= 11 is 0. The van der Waals surface area contributed by atoms with Gasteiger partial charge in [0.25, 0.3) is 5.91 Å². The minimum absolute atomic E-state index is 0.0312. The van der Waals surface area contributed by atoms with E-state index in [1.165, 1.54) is 11.1 Å². The van der Waals surface area contributed by atoms with Crippen LogP contribution in [0, 0.1) is 5.92 Å². The molecule has 57 heavy (non-hydrogen) atoms.